The van der Waals surface area contributed by atoms with E-state index in [-0.39, 0.29) is 16.8 Å². The lowest BCUT2D eigenvalue weighted by molar-refractivity contribution is -0.203. The topological polar surface area (TPSA) is 46.5 Å². The van der Waals surface area contributed by atoms with E-state index >= 15 is 0 Å². The van der Waals surface area contributed by atoms with Crippen LogP contribution in [0.15, 0.2) is 36.5 Å². The number of carbonyl (C=O) groups excluding carboxylic acids is 1. The highest BCUT2D eigenvalue weighted by molar-refractivity contribution is 5.66. The molecule has 2 fully saturated rings. The van der Waals surface area contributed by atoms with Gasteiger partial charge in [-0.25, -0.2) is 0 Å². The molecule has 0 saturated heterocycles. The molecule has 140 valence electrons. The van der Waals surface area contributed by atoms with Crippen LogP contribution in [0.4, 0.5) is 0 Å². The van der Waals surface area contributed by atoms with Gasteiger partial charge in [-0.15, -0.1) is 0 Å². The van der Waals surface area contributed by atoms with Crippen LogP contribution in [-0.2, 0) is 9.53 Å². The van der Waals surface area contributed by atoms with Crippen molar-refractivity contribution in [3.8, 4) is 0 Å². The molecule has 0 heterocycles. The van der Waals surface area contributed by atoms with Crippen LogP contribution in [0.3, 0.4) is 0 Å². The quantitative estimate of drug-likeness (QED) is 0.451. The van der Waals surface area contributed by atoms with E-state index in [9.17, 15) is 9.90 Å². The lowest BCUT2D eigenvalue weighted by atomic mass is 9.46. The number of fused-ring (bicyclic) bond motifs is 1. The van der Waals surface area contributed by atoms with Crippen molar-refractivity contribution in [2.45, 2.75) is 72.5 Å². The number of hydrogen-bond acceptors (Lipinski definition) is 3. The van der Waals surface area contributed by atoms with Crippen molar-refractivity contribution in [1.82, 2.24) is 0 Å². The summed E-state index contributed by atoms with van der Waals surface area (Å²) in [6, 6.07) is 0. The Labute approximate surface area is 152 Å². The third-order valence-corrected chi connectivity index (χ3v) is 6.76. The molecule has 0 aliphatic heterocycles. The van der Waals surface area contributed by atoms with Gasteiger partial charge in [0, 0.05) is 12.3 Å². The van der Waals surface area contributed by atoms with Gasteiger partial charge in [-0.2, -0.15) is 0 Å². The van der Waals surface area contributed by atoms with Crippen LogP contribution in [0.25, 0.3) is 0 Å². The summed E-state index contributed by atoms with van der Waals surface area (Å²) in [5, 5.41) is 10.8. The first-order valence-electron chi connectivity index (χ1n) is 9.36. The zero-order valence-corrected chi connectivity index (χ0v) is 16.5. The van der Waals surface area contributed by atoms with Crippen LogP contribution >= 0.6 is 0 Å². The molecule has 0 radical (unpaired) electrons. The average molecular weight is 347 g/mol. The molecule has 3 nitrogen and oxygen atoms in total. The van der Waals surface area contributed by atoms with Gasteiger partial charge in [-0.3, -0.25) is 4.79 Å². The van der Waals surface area contributed by atoms with Crippen molar-refractivity contribution in [2.24, 2.45) is 22.7 Å². The second-order valence-corrected chi connectivity index (χ2v) is 8.82. The van der Waals surface area contributed by atoms with Gasteiger partial charge < -0.3 is 9.84 Å². The van der Waals surface area contributed by atoms with Crippen LogP contribution < -0.4 is 0 Å². The molecule has 0 amide bonds. The minimum atomic E-state index is -0.641. The first-order chi connectivity index (χ1) is 11.5. The average Bonchev–Trinajstić information content (AvgIpc) is 2.49. The molecule has 0 unspecified atom stereocenters. The molecule has 1 N–H and O–H groups in total. The lowest BCUT2D eigenvalue weighted by Gasteiger charge is -2.61. The second kappa shape index (κ2) is 7.11. The van der Waals surface area contributed by atoms with Crippen LogP contribution in [0.1, 0.15) is 60.3 Å². The SMILES string of the molecule is C=C/C(C)=C/C[C@H]1C(=C)CC[C@@H]2C(C)(C)[C@@H](OC(C)=O)[C@H](O)C[C@@]21C. The summed E-state index contributed by atoms with van der Waals surface area (Å²) in [4.78, 5) is 11.5. The normalized spacial score (nSPS) is 38.0. The van der Waals surface area contributed by atoms with Crippen molar-refractivity contribution in [1.29, 1.82) is 0 Å². The maximum Gasteiger partial charge on any atom is 0.303 e. The van der Waals surface area contributed by atoms with Gasteiger partial charge in [0.2, 0.25) is 0 Å². The molecule has 2 aliphatic carbocycles. The third kappa shape index (κ3) is 3.62. The fourth-order valence-corrected chi connectivity index (χ4v) is 5.53. The molecule has 2 aliphatic rings. The Morgan fingerprint density at radius 2 is 2.00 bits per heavy atom. The zero-order valence-electron chi connectivity index (χ0n) is 16.5. The van der Waals surface area contributed by atoms with Crippen molar-refractivity contribution in [3.63, 3.8) is 0 Å². The number of hydrogen-bond donors (Lipinski definition) is 1. The summed E-state index contributed by atoms with van der Waals surface area (Å²) in [5.74, 6) is 0.385. The molecule has 5 atom stereocenters. The van der Waals surface area contributed by atoms with Gasteiger partial charge in [-0.1, -0.05) is 57.2 Å². The van der Waals surface area contributed by atoms with Gasteiger partial charge in [0.15, 0.2) is 0 Å². The number of esters is 1. The molecule has 3 heteroatoms. The lowest BCUT2D eigenvalue weighted by Crippen LogP contribution is -2.61. The van der Waals surface area contributed by atoms with Gasteiger partial charge in [0.25, 0.3) is 0 Å². The molecular weight excluding hydrogens is 312 g/mol. The van der Waals surface area contributed by atoms with Gasteiger partial charge >= 0.3 is 5.97 Å². The van der Waals surface area contributed by atoms with Crippen molar-refractivity contribution < 1.29 is 14.6 Å². The number of allylic oxidation sites excluding steroid dienone is 4. The second-order valence-electron chi connectivity index (χ2n) is 8.82. The van der Waals surface area contributed by atoms with Gasteiger partial charge in [0.05, 0.1) is 6.10 Å². The standard InChI is InChI=1S/C22H34O3/c1-8-14(2)9-11-17-15(3)10-12-19-21(5,6)20(25-16(4)23)18(24)13-22(17,19)7/h8-9,17-20,24H,1,3,10-13H2,2,4-7H3/b14-9+/t17-,18+,19+,20-,22+/m0/s1. The first kappa shape index (κ1) is 20.0. The summed E-state index contributed by atoms with van der Waals surface area (Å²) in [7, 11) is 0. The highest BCUT2D eigenvalue weighted by Crippen LogP contribution is 2.62. The Balaban J connectivity index is 2.38. The smallest absolute Gasteiger partial charge is 0.303 e. The molecule has 2 rings (SSSR count). The minimum absolute atomic E-state index is 0.0488. The summed E-state index contributed by atoms with van der Waals surface area (Å²) >= 11 is 0. The molecule has 25 heavy (non-hydrogen) atoms. The molecular formula is C22H34O3. The van der Waals surface area contributed by atoms with Crippen molar-refractivity contribution in [2.75, 3.05) is 0 Å². The zero-order chi connectivity index (χ0) is 19.0. The predicted molar refractivity (Wildman–Crippen MR) is 102 cm³/mol. The Morgan fingerprint density at radius 1 is 1.36 bits per heavy atom. The maximum absolute atomic E-state index is 11.5. The number of ether oxygens (including phenoxy) is 1. The maximum atomic E-state index is 11.5. The Bertz CT molecular complexity index is 586. The van der Waals surface area contributed by atoms with Gasteiger partial charge in [-0.05, 0) is 49.9 Å². The number of carbonyl (C=O) groups is 1. The van der Waals surface area contributed by atoms with Crippen LogP contribution in [0, 0.1) is 22.7 Å². The summed E-state index contributed by atoms with van der Waals surface area (Å²) in [6.07, 6.45) is 6.62. The number of aliphatic hydroxyl groups is 1. The van der Waals surface area contributed by atoms with Crippen LogP contribution in [-0.4, -0.2) is 23.3 Å². The highest BCUT2D eigenvalue weighted by Gasteiger charge is 2.59. The minimum Gasteiger partial charge on any atom is -0.459 e. The largest absolute Gasteiger partial charge is 0.459 e. The number of aliphatic hydroxyl groups excluding tert-OH is 1. The Kier molecular flexibility index (Phi) is 5.68. The van der Waals surface area contributed by atoms with Crippen molar-refractivity contribution >= 4 is 5.97 Å². The molecule has 0 aromatic rings. The third-order valence-electron chi connectivity index (χ3n) is 6.76. The van der Waals surface area contributed by atoms with Gasteiger partial charge in [0.1, 0.15) is 6.10 Å². The molecule has 0 aromatic heterocycles. The van der Waals surface area contributed by atoms with Crippen molar-refractivity contribution in [3.05, 3.63) is 36.5 Å². The van der Waals surface area contributed by atoms with E-state index in [1.807, 2.05) is 6.08 Å². The van der Waals surface area contributed by atoms with E-state index < -0.39 is 12.2 Å². The highest BCUT2D eigenvalue weighted by atomic mass is 16.6. The monoisotopic (exact) mass is 346 g/mol. The Hall–Kier alpha value is -1.35. The summed E-state index contributed by atoms with van der Waals surface area (Å²) in [5.41, 5.74) is 2.13. The van der Waals surface area contributed by atoms with E-state index in [1.54, 1.807) is 0 Å². The molecule has 2 saturated carbocycles. The molecule has 0 aromatic carbocycles. The summed E-state index contributed by atoms with van der Waals surface area (Å²) < 4.78 is 5.55. The van der Waals surface area contributed by atoms with E-state index in [0.717, 1.165) is 19.3 Å². The molecule has 0 bridgehead atoms. The fraction of sp³-hybridized carbons (Fsp3) is 0.682. The summed E-state index contributed by atoms with van der Waals surface area (Å²) in [6.45, 7) is 18.2. The molecule has 0 spiro atoms. The van der Waals surface area contributed by atoms with E-state index in [4.69, 9.17) is 4.74 Å². The van der Waals surface area contributed by atoms with E-state index in [0.29, 0.717) is 18.3 Å². The predicted octanol–water partition coefficient (Wildman–Crippen LogP) is 4.82. The first-order valence-corrected chi connectivity index (χ1v) is 9.36. The fourth-order valence-electron chi connectivity index (χ4n) is 5.53. The van der Waals surface area contributed by atoms with Crippen LogP contribution in [0.2, 0.25) is 0 Å². The Morgan fingerprint density at radius 3 is 2.56 bits per heavy atom. The van der Waals surface area contributed by atoms with E-state index in [2.05, 4.69) is 46.9 Å². The van der Waals surface area contributed by atoms with Crippen LogP contribution in [0.5, 0.6) is 0 Å². The number of rotatable bonds is 4. The van der Waals surface area contributed by atoms with E-state index in [1.165, 1.54) is 18.1 Å².